The number of halogens is 1. The van der Waals surface area contributed by atoms with Gasteiger partial charge in [-0.1, -0.05) is 6.92 Å². The largest absolute Gasteiger partial charge is 0.372 e. The minimum atomic E-state index is -0.528. The molecule has 2 aromatic rings. The summed E-state index contributed by atoms with van der Waals surface area (Å²) in [5.41, 5.74) is 1.43. The lowest BCUT2D eigenvalue weighted by Crippen LogP contribution is -2.24. The molecule has 0 bridgehead atoms. The lowest BCUT2D eigenvalue weighted by atomic mass is 10.2. The highest BCUT2D eigenvalue weighted by atomic mass is 32.1. The molecule has 0 aliphatic rings. The van der Waals surface area contributed by atoms with Crippen molar-refractivity contribution in [2.24, 2.45) is 0 Å². The SMILES string of the molecule is CCc1ccsc1CNC(=O)c1cc(F)cnc1NC. The van der Waals surface area contributed by atoms with E-state index in [2.05, 4.69) is 28.6 Å². The van der Waals surface area contributed by atoms with Crippen molar-refractivity contribution in [2.75, 3.05) is 12.4 Å². The molecule has 0 aliphatic carbocycles. The number of amides is 1. The number of carbonyl (C=O) groups is 1. The Kier molecular flexibility index (Phi) is 4.68. The molecule has 6 heteroatoms. The minimum absolute atomic E-state index is 0.210. The van der Waals surface area contributed by atoms with Gasteiger partial charge in [-0.3, -0.25) is 4.79 Å². The van der Waals surface area contributed by atoms with Crippen molar-refractivity contribution in [3.63, 3.8) is 0 Å². The van der Waals surface area contributed by atoms with Crippen LogP contribution in [0.1, 0.15) is 27.7 Å². The van der Waals surface area contributed by atoms with E-state index < -0.39 is 5.82 Å². The van der Waals surface area contributed by atoms with Crippen molar-refractivity contribution < 1.29 is 9.18 Å². The number of carbonyl (C=O) groups excluding carboxylic acids is 1. The van der Waals surface area contributed by atoms with Crippen LogP contribution in [0.5, 0.6) is 0 Å². The number of aryl methyl sites for hydroxylation is 1. The summed E-state index contributed by atoms with van der Waals surface area (Å²) in [5.74, 6) is -0.498. The van der Waals surface area contributed by atoms with Crippen molar-refractivity contribution >= 4 is 23.1 Å². The normalized spacial score (nSPS) is 10.3. The first-order chi connectivity index (χ1) is 9.65. The second-order valence-electron chi connectivity index (χ2n) is 4.20. The standard InChI is InChI=1S/C14H16FN3OS/c1-3-9-4-5-20-12(9)8-18-14(19)11-6-10(15)7-17-13(11)16-2/h4-7H,3,8H2,1-2H3,(H,16,17)(H,18,19). The Balaban J connectivity index is 2.11. The molecule has 0 spiro atoms. The van der Waals surface area contributed by atoms with E-state index in [9.17, 15) is 9.18 Å². The predicted molar refractivity (Wildman–Crippen MR) is 78.6 cm³/mol. The third kappa shape index (κ3) is 3.14. The third-order valence-electron chi connectivity index (χ3n) is 2.96. The number of rotatable bonds is 5. The molecule has 2 N–H and O–H groups in total. The minimum Gasteiger partial charge on any atom is -0.372 e. The van der Waals surface area contributed by atoms with E-state index >= 15 is 0 Å². The number of hydrogen-bond acceptors (Lipinski definition) is 4. The van der Waals surface area contributed by atoms with Crippen LogP contribution in [0.4, 0.5) is 10.2 Å². The number of nitrogens with one attached hydrogen (secondary N) is 2. The average molecular weight is 293 g/mol. The Morgan fingerprint density at radius 1 is 1.50 bits per heavy atom. The first-order valence-electron chi connectivity index (χ1n) is 6.32. The van der Waals surface area contributed by atoms with Gasteiger partial charge in [-0.15, -0.1) is 11.3 Å². The molecular formula is C14H16FN3OS. The molecule has 0 aromatic carbocycles. The monoisotopic (exact) mass is 293 g/mol. The van der Waals surface area contributed by atoms with Gasteiger partial charge in [0.15, 0.2) is 0 Å². The third-order valence-corrected chi connectivity index (χ3v) is 3.93. The van der Waals surface area contributed by atoms with E-state index in [4.69, 9.17) is 0 Å². The number of anilines is 1. The zero-order valence-electron chi connectivity index (χ0n) is 11.4. The number of pyridine rings is 1. The fourth-order valence-corrected chi connectivity index (χ4v) is 2.82. The van der Waals surface area contributed by atoms with Crippen LogP contribution in [0.3, 0.4) is 0 Å². The average Bonchev–Trinajstić information content (AvgIpc) is 2.92. The summed E-state index contributed by atoms with van der Waals surface area (Å²) in [6.07, 6.45) is 2.01. The van der Waals surface area contributed by atoms with Gasteiger partial charge in [-0.25, -0.2) is 9.37 Å². The maximum Gasteiger partial charge on any atom is 0.255 e. The smallest absolute Gasteiger partial charge is 0.255 e. The fourth-order valence-electron chi connectivity index (χ4n) is 1.90. The number of aromatic nitrogens is 1. The van der Waals surface area contributed by atoms with Gasteiger partial charge in [0.2, 0.25) is 0 Å². The van der Waals surface area contributed by atoms with E-state index in [1.54, 1.807) is 18.4 Å². The maximum absolute atomic E-state index is 13.2. The molecule has 106 valence electrons. The molecule has 20 heavy (non-hydrogen) atoms. The van der Waals surface area contributed by atoms with E-state index in [0.717, 1.165) is 17.5 Å². The summed E-state index contributed by atoms with van der Waals surface area (Å²) in [6.45, 7) is 2.52. The highest BCUT2D eigenvalue weighted by Gasteiger charge is 2.14. The number of nitrogens with zero attached hydrogens (tertiary/aromatic N) is 1. The summed E-state index contributed by atoms with van der Waals surface area (Å²) < 4.78 is 13.2. The van der Waals surface area contributed by atoms with Crippen LogP contribution in [-0.4, -0.2) is 17.9 Å². The molecule has 2 heterocycles. The van der Waals surface area contributed by atoms with Gasteiger partial charge in [0.1, 0.15) is 11.6 Å². The zero-order valence-corrected chi connectivity index (χ0v) is 12.2. The van der Waals surface area contributed by atoms with Crippen LogP contribution in [0.2, 0.25) is 0 Å². The Bertz CT molecular complexity index is 612. The van der Waals surface area contributed by atoms with Crippen LogP contribution in [0, 0.1) is 5.82 Å². The summed E-state index contributed by atoms with van der Waals surface area (Å²) in [5, 5.41) is 7.59. The van der Waals surface area contributed by atoms with E-state index in [0.29, 0.717) is 12.4 Å². The van der Waals surface area contributed by atoms with E-state index in [1.807, 2.05) is 5.38 Å². The Morgan fingerprint density at radius 2 is 2.30 bits per heavy atom. The van der Waals surface area contributed by atoms with Crippen LogP contribution in [0.25, 0.3) is 0 Å². The molecule has 4 nitrogen and oxygen atoms in total. The molecule has 2 rings (SSSR count). The molecule has 1 amide bonds. The molecular weight excluding hydrogens is 277 g/mol. The van der Waals surface area contributed by atoms with Crippen molar-refractivity contribution in [2.45, 2.75) is 19.9 Å². The lowest BCUT2D eigenvalue weighted by molar-refractivity contribution is 0.0951. The second kappa shape index (κ2) is 6.47. The van der Waals surface area contributed by atoms with E-state index in [1.165, 1.54) is 11.6 Å². The van der Waals surface area contributed by atoms with Crippen molar-refractivity contribution in [1.29, 1.82) is 0 Å². The first kappa shape index (κ1) is 14.5. The number of hydrogen-bond donors (Lipinski definition) is 2. The fraction of sp³-hybridized carbons (Fsp3) is 0.286. The van der Waals surface area contributed by atoms with Crippen molar-refractivity contribution in [3.8, 4) is 0 Å². The van der Waals surface area contributed by atoms with Crippen LogP contribution in [0.15, 0.2) is 23.7 Å². The molecule has 0 unspecified atom stereocenters. The Morgan fingerprint density at radius 3 is 3.00 bits per heavy atom. The summed E-state index contributed by atoms with van der Waals surface area (Å²) in [6, 6.07) is 3.23. The van der Waals surface area contributed by atoms with Gasteiger partial charge >= 0.3 is 0 Å². The molecule has 2 aromatic heterocycles. The molecule has 0 radical (unpaired) electrons. The highest BCUT2D eigenvalue weighted by molar-refractivity contribution is 7.10. The second-order valence-corrected chi connectivity index (χ2v) is 5.21. The maximum atomic E-state index is 13.2. The van der Waals surface area contributed by atoms with Gasteiger partial charge in [0, 0.05) is 11.9 Å². The van der Waals surface area contributed by atoms with Gasteiger partial charge in [-0.05, 0) is 29.5 Å². The van der Waals surface area contributed by atoms with Gasteiger partial charge < -0.3 is 10.6 Å². The highest BCUT2D eigenvalue weighted by Crippen LogP contribution is 2.18. The molecule has 0 fully saturated rings. The summed E-state index contributed by atoms with van der Waals surface area (Å²) in [4.78, 5) is 17.1. The topological polar surface area (TPSA) is 54.0 Å². The molecule has 0 saturated carbocycles. The van der Waals surface area contributed by atoms with Crippen molar-refractivity contribution in [1.82, 2.24) is 10.3 Å². The quantitative estimate of drug-likeness (QED) is 0.891. The van der Waals surface area contributed by atoms with E-state index in [-0.39, 0.29) is 11.5 Å². The van der Waals surface area contributed by atoms with Gasteiger partial charge in [0.25, 0.3) is 5.91 Å². The molecule has 0 saturated heterocycles. The van der Waals surface area contributed by atoms with Gasteiger partial charge in [0.05, 0.1) is 18.3 Å². The van der Waals surface area contributed by atoms with Crippen LogP contribution in [-0.2, 0) is 13.0 Å². The first-order valence-corrected chi connectivity index (χ1v) is 7.20. The molecule has 0 aliphatic heterocycles. The number of thiophene rings is 1. The summed E-state index contributed by atoms with van der Waals surface area (Å²) >= 11 is 1.60. The zero-order chi connectivity index (χ0) is 14.5. The lowest BCUT2D eigenvalue weighted by Gasteiger charge is -2.09. The van der Waals surface area contributed by atoms with Gasteiger partial charge in [-0.2, -0.15) is 0 Å². The van der Waals surface area contributed by atoms with Crippen LogP contribution >= 0.6 is 11.3 Å². The Hall–Kier alpha value is -1.95. The van der Waals surface area contributed by atoms with Crippen LogP contribution < -0.4 is 10.6 Å². The Labute approximate surface area is 121 Å². The predicted octanol–water partition coefficient (Wildman–Crippen LogP) is 2.82. The van der Waals surface area contributed by atoms with Crippen molar-refractivity contribution in [3.05, 3.63) is 45.5 Å². The summed E-state index contributed by atoms with van der Waals surface area (Å²) in [7, 11) is 1.64. The molecule has 0 atom stereocenters.